The Hall–Kier alpha value is -1.39. The van der Waals surface area contributed by atoms with Crippen LogP contribution in [0.15, 0.2) is 24.3 Å². The number of carboxylic acid groups (broad SMARTS) is 1. The molecule has 1 aromatic carbocycles. The molecule has 2 fully saturated rings. The van der Waals surface area contributed by atoms with Crippen molar-refractivity contribution >= 4 is 5.97 Å². The molecule has 0 radical (unpaired) electrons. The zero-order chi connectivity index (χ0) is 13.4. The summed E-state index contributed by atoms with van der Waals surface area (Å²) in [6.45, 7) is 5.57. The molecule has 2 heterocycles. The van der Waals surface area contributed by atoms with E-state index in [4.69, 9.17) is 5.11 Å². The molecule has 1 N–H and O–H groups in total. The number of carboxylic acids is 1. The summed E-state index contributed by atoms with van der Waals surface area (Å²) in [6.07, 6.45) is 0. The van der Waals surface area contributed by atoms with Gasteiger partial charge in [0, 0.05) is 32.7 Å². The minimum atomic E-state index is -0.846. The van der Waals surface area contributed by atoms with Gasteiger partial charge in [-0.05, 0) is 36.6 Å². The molecule has 0 saturated carbocycles. The molecule has 2 aliphatic heterocycles. The zero-order valence-corrected chi connectivity index (χ0v) is 11.2. The van der Waals surface area contributed by atoms with Crippen LogP contribution >= 0.6 is 0 Å². The molecule has 19 heavy (non-hydrogen) atoms. The fourth-order valence-corrected chi connectivity index (χ4v) is 3.51. The van der Waals surface area contributed by atoms with E-state index in [1.165, 1.54) is 13.1 Å². The second-order valence-electron chi connectivity index (χ2n) is 5.94. The van der Waals surface area contributed by atoms with E-state index < -0.39 is 5.97 Å². The fraction of sp³-hybridized carbons (Fsp3) is 0.533. The lowest BCUT2D eigenvalue weighted by atomic mass is 10.0. The van der Waals surface area contributed by atoms with E-state index in [1.807, 2.05) is 12.1 Å². The highest BCUT2D eigenvalue weighted by atomic mass is 16.4. The van der Waals surface area contributed by atoms with Crippen LogP contribution in [0.1, 0.15) is 15.9 Å². The van der Waals surface area contributed by atoms with E-state index in [0.717, 1.165) is 37.0 Å². The minimum Gasteiger partial charge on any atom is -0.478 e. The van der Waals surface area contributed by atoms with Crippen molar-refractivity contribution in [3.63, 3.8) is 0 Å². The summed E-state index contributed by atoms with van der Waals surface area (Å²) in [5.74, 6) is 0.752. The Balaban J connectivity index is 1.64. The summed E-state index contributed by atoms with van der Waals surface area (Å²) in [5, 5.41) is 9.01. The lowest BCUT2D eigenvalue weighted by Crippen LogP contribution is -2.26. The number of hydrogen-bond acceptors (Lipinski definition) is 3. The first-order chi connectivity index (χ1) is 9.11. The average Bonchev–Trinajstić information content (AvgIpc) is 2.85. The molecule has 2 aliphatic rings. The second-order valence-corrected chi connectivity index (χ2v) is 5.94. The number of benzene rings is 1. The van der Waals surface area contributed by atoms with Crippen molar-refractivity contribution in [1.82, 2.24) is 9.80 Å². The van der Waals surface area contributed by atoms with Gasteiger partial charge in [0.1, 0.15) is 0 Å². The summed E-state index contributed by atoms with van der Waals surface area (Å²) in [5.41, 5.74) is 1.49. The molecule has 3 rings (SSSR count). The molecule has 0 amide bonds. The Morgan fingerprint density at radius 1 is 1.26 bits per heavy atom. The van der Waals surface area contributed by atoms with Gasteiger partial charge in [-0.25, -0.2) is 4.79 Å². The third-order valence-electron chi connectivity index (χ3n) is 4.32. The van der Waals surface area contributed by atoms with Crippen LogP contribution < -0.4 is 0 Å². The third-order valence-corrected chi connectivity index (χ3v) is 4.32. The van der Waals surface area contributed by atoms with E-state index in [9.17, 15) is 4.79 Å². The Bertz CT molecular complexity index is 475. The highest BCUT2D eigenvalue weighted by Gasteiger charge is 2.38. The maximum Gasteiger partial charge on any atom is 0.335 e. The number of aromatic carboxylic acids is 1. The third kappa shape index (κ3) is 2.65. The largest absolute Gasteiger partial charge is 0.478 e. The Morgan fingerprint density at radius 3 is 2.58 bits per heavy atom. The van der Waals surface area contributed by atoms with Gasteiger partial charge in [0.2, 0.25) is 0 Å². The highest BCUT2D eigenvalue weighted by Crippen LogP contribution is 2.30. The summed E-state index contributed by atoms with van der Waals surface area (Å²) in [4.78, 5) is 15.8. The van der Waals surface area contributed by atoms with Gasteiger partial charge in [-0.2, -0.15) is 0 Å². The van der Waals surface area contributed by atoms with Gasteiger partial charge < -0.3 is 10.0 Å². The van der Waals surface area contributed by atoms with Gasteiger partial charge in [0.15, 0.2) is 0 Å². The van der Waals surface area contributed by atoms with E-state index in [1.54, 1.807) is 12.1 Å². The summed E-state index contributed by atoms with van der Waals surface area (Å²) < 4.78 is 0. The Kier molecular flexibility index (Phi) is 3.29. The number of nitrogens with zero attached hydrogens (tertiary/aromatic N) is 2. The Morgan fingerprint density at radius 2 is 1.95 bits per heavy atom. The van der Waals surface area contributed by atoms with Crippen molar-refractivity contribution in [2.24, 2.45) is 11.8 Å². The summed E-state index contributed by atoms with van der Waals surface area (Å²) in [7, 11) is 2.19. The van der Waals surface area contributed by atoms with Crippen LogP contribution in [0.4, 0.5) is 0 Å². The zero-order valence-electron chi connectivity index (χ0n) is 11.2. The van der Waals surface area contributed by atoms with Crippen molar-refractivity contribution in [1.29, 1.82) is 0 Å². The quantitative estimate of drug-likeness (QED) is 0.891. The molecule has 102 valence electrons. The molecule has 2 saturated heterocycles. The first-order valence-corrected chi connectivity index (χ1v) is 6.85. The van der Waals surface area contributed by atoms with Crippen LogP contribution in [0.2, 0.25) is 0 Å². The van der Waals surface area contributed by atoms with E-state index in [2.05, 4.69) is 16.8 Å². The van der Waals surface area contributed by atoms with Gasteiger partial charge in [0.05, 0.1) is 5.56 Å². The van der Waals surface area contributed by atoms with Crippen LogP contribution in [0, 0.1) is 11.8 Å². The van der Waals surface area contributed by atoms with Gasteiger partial charge in [-0.15, -0.1) is 0 Å². The Labute approximate surface area is 113 Å². The first kappa shape index (κ1) is 12.6. The standard InChI is InChI=1S/C15H20N2O2/c1-16-7-13-9-17(10-14(13)8-16)6-11-3-2-4-12(5-11)15(18)19/h2-5,13-14H,6-10H2,1H3,(H,18,19)/t13-,14+. The predicted octanol–water partition coefficient (Wildman–Crippen LogP) is 1.38. The number of carbonyl (C=O) groups is 1. The van der Waals surface area contributed by atoms with E-state index >= 15 is 0 Å². The maximum absolute atomic E-state index is 11.0. The molecule has 0 spiro atoms. The lowest BCUT2D eigenvalue weighted by molar-refractivity contribution is 0.0696. The molecule has 1 aromatic rings. The number of hydrogen-bond donors (Lipinski definition) is 1. The van der Waals surface area contributed by atoms with Crippen molar-refractivity contribution in [3.8, 4) is 0 Å². The molecule has 4 nitrogen and oxygen atoms in total. The minimum absolute atomic E-state index is 0.386. The van der Waals surface area contributed by atoms with Crippen molar-refractivity contribution < 1.29 is 9.90 Å². The number of fused-ring (bicyclic) bond motifs is 1. The first-order valence-electron chi connectivity index (χ1n) is 6.85. The highest BCUT2D eigenvalue weighted by molar-refractivity contribution is 5.87. The molecule has 4 heteroatoms. The van der Waals surface area contributed by atoms with Crippen LogP contribution in [0.25, 0.3) is 0 Å². The predicted molar refractivity (Wildman–Crippen MR) is 73.2 cm³/mol. The van der Waals surface area contributed by atoms with Gasteiger partial charge >= 0.3 is 5.97 Å². The van der Waals surface area contributed by atoms with E-state index in [0.29, 0.717) is 5.56 Å². The van der Waals surface area contributed by atoms with Crippen LogP contribution in [0.3, 0.4) is 0 Å². The van der Waals surface area contributed by atoms with E-state index in [-0.39, 0.29) is 0 Å². The maximum atomic E-state index is 11.0. The van der Waals surface area contributed by atoms with Crippen LogP contribution in [-0.4, -0.2) is 54.1 Å². The number of rotatable bonds is 3. The lowest BCUT2D eigenvalue weighted by Gasteiger charge is -2.19. The monoisotopic (exact) mass is 260 g/mol. The average molecular weight is 260 g/mol. The number of likely N-dealkylation sites (tertiary alicyclic amines) is 2. The molecular formula is C15H20N2O2. The smallest absolute Gasteiger partial charge is 0.335 e. The van der Waals surface area contributed by atoms with Crippen LogP contribution in [-0.2, 0) is 6.54 Å². The van der Waals surface area contributed by atoms with Gasteiger partial charge in [-0.1, -0.05) is 12.1 Å². The molecule has 0 bridgehead atoms. The molecule has 0 unspecified atom stereocenters. The van der Waals surface area contributed by atoms with Crippen molar-refractivity contribution in [2.75, 3.05) is 33.2 Å². The van der Waals surface area contributed by atoms with Gasteiger partial charge in [-0.3, -0.25) is 4.90 Å². The summed E-state index contributed by atoms with van der Waals surface area (Å²) >= 11 is 0. The molecule has 2 atom stereocenters. The second kappa shape index (κ2) is 4.94. The van der Waals surface area contributed by atoms with Crippen molar-refractivity contribution in [2.45, 2.75) is 6.54 Å². The topological polar surface area (TPSA) is 43.8 Å². The fourth-order valence-electron chi connectivity index (χ4n) is 3.51. The SMILES string of the molecule is CN1C[C@@H]2CN(Cc3cccc(C(=O)O)c3)C[C@@H]2C1. The van der Waals surface area contributed by atoms with Crippen LogP contribution in [0.5, 0.6) is 0 Å². The summed E-state index contributed by atoms with van der Waals surface area (Å²) in [6, 6.07) is 7.30. The molecule has 0 aliphatic carbocycles. The normalized spacial score (nSPS) is 27.6. The molecular weight excluding hydrogens is 240 g/mol. The van der Waals surface area contributed by atoms with Crippen molar-refractivity contribution in [3.05, 3.63) is 35.4 Å². The van der Waals surface area contributed by atoms with Gasteiger partial charge in [0.25, 0.3) is 0 Å². The molecule has 0 aromatic heterocycles.